The van der Waals surface area contributed by atoms with Crippen LogP contribution in [-0.4, -0.2) is 26.7 Å². The number of ether oxygens (including phenoxy) is 1. The summed E-state index contributed by atoms with van der Waals surface area (Å²) in [5, 5.41) is 11.4. The summed E-state index contributed by atoms with van der Waals surface area (Å²) in [4.78, 5) is 31.9. The van der Waals surface area contributed by atoms with Gasteiger partial charge in [-0.3, -0.25) is 14.6 Å². The molecule has 0 bridgehead atoms. The number of likely N-dealkylation sites (tertiary alicyclic amines) is 1. The Hall–Kier alpha value is -4.78. The number of aryl methyl sites for hydroxylation is 1. The Morgan fingerprint density at radius 1 is 0.974 bits per heavy atom. The van der Waals surface area contributed by atoms with Crippen LogP contribution in [0.15, 0.2) is 103 Å². The van der Waals surface area contributed by atoms with Crippen molar-refractivity contribution in [2.45, 2.75) is 26.1 Å². The number of rotatable bonds is 7. The van der Waals surface area contributed by atoms with E-state index >= 15 is 0 Å². The summed E-state index contributed by atoms with van der Waals surface area (Å²) in [5.74, 6) is -1.66. The lowest BCUT2D eigenvalue weighted by molar-refractivity contribution is -0.140. The zero-order valence-corrected chi connectivity index (χ0v) is 20.7. The lowest BCUT2D eigenvalue weighted by Crippen LogP contribution is -2.29. The Kier molecular flexibility index (Phi) is 7.00. The van der Waals surface area contributed by atoms with E-state index in [2.05, 4.69) is 4.98 Å². The first-order chi connectivity index (χ1) is 18.4. The van der Waals surface area contributed by atoms with Gasteiger partial charge in [-0.25, -0.2) is 4.39 Å². The predicted octanol–water partition coefficient (Wildman–Crippen LogP) is 5.73. The van der Waals surface area contributed by atoms with Crippen LogP contribution in [0.5, 0.6) is 5.75 Å². The molecule has 0 unspecified atom stereocenters. The first-order valence-electron chi connectivity index (χ1n) is 12.1. The van der Waals surface area contributed by atoms with Crippen molar-refractivity contribution in [1.82, 2.24) is 9.88 Å². The molecule has 1 aliphatic heterocycles. The molecule has 1 aromatic heterocycles. The second-order valence-corrected chi connectivity index (χ2v) is 9.09. The topological polar surface area (TPSA) is 79.7 Å². The summed E-state index contributed by atoms with van der Waals surface area (Å²) in [7, 11) is 0. The molecular weight excluding hydrogens is 483 g/mol. The van der Waals surface area contributed by atoms with Crippen molar-refractivity contribution in [1.29, 1.82) is 0 Å². The zero-order valence-electron chi connectivity index (χ0n) is 20.7. The molecule has 0 spiro atoms. The molecule has 0 radical (unpaired) electrons. The monoisotopic (exact) mass is 508 g/mol. The summed E-state index contributed by atoms with van der Waals surface area (Å²) >= 11 is 0. The number of carbonyl (C=O) groups is 2. The van der Waals surface area contributed by atoms with Gasteiger partial charge < -0.3 is 14.7 Å². The minimum Gasteiger partial charge on any atom is -0.507 e. The van der Waals surface area contributed by atoms with Crippen LogP contribution in [0, 0.1) is 12.7 Å². The van der Waals surface area contributed by atoms with E-state index in [0.29, 0.717) is 23.5 Å². The number of benzene rings is 3. The molecule has 1 fully saturated rings. The molecule has 7 heteroatoms. The number of aliphatic hydroxyl groups excluding tert-OH is 1. The maximum absolute atomic E-state index is 13.7. The molecule has 1 aliphatic rings. The summed E-state index contributed by atoms with van der Waals surface area (Å²) in [6, 6.07) is 23.0. The van der Waals surface area contributed by atoms with E-state index in [1.807, 2.05) is 37.3 Å². The lowest BCUT2D eigenvalue weighted by atomic mass is 9.94. The van der Waals surface area contributed by atoms with Gasteiger partial charge in [-0.2, -0.15) is 0 Å². The fourth-order valence-electron chi connectivity index (χ4n) is 4.57. The number of Topliss-reactive ketones (excluding diaryl/α,β-unsaturated/α-hetero) is 1. The summed E-state index contributed by atoms with van der Waals surface area (Å²) in [5.41, 5.74) is 3.33. The predicted molar refractivity (Wildman–Crippen MR) is 140 cm³/mol. The van der Waals surface area contributed by atoms with E-state index in [4.69, 9.17) is 4.74 Å². The SMILES string of the molecule is Cc1cc(C(O)=C2C(=O)C(=O)N(Cc3cccnc3)[C@@H]2c2ccc(F)cc2)ccc1OCc1ccccc1. The standard InChI is InChI=1S/C31H25FN2O4/c1-20-16-24(11-14-26(20)38-19-21-6-3-2-4-7-21)29(35)27-28(23-9-12-25(32)13-10-23)34(31(37)30(27)36)18-22-8-5-15-33-17-22/h2-17,28,35H,18-19H2,1H3/t28-/m1/s1. The highest BCUT2D eigenvalue weighted by Crippen LogP contribution is 2.40. The van der Waals surface area contributed by atoms with E-state index < -0.39 is 23.5 Å². The molecule has 2 heterocycles. The molecule has 4 aromatic rings. The van der Waals surface area contributed by atoms with Crippen LogP contribution in [0.4, 0.5) is 4.39 Å². The number of aromatic nitrogens is 1. The maximum Gasteiger partial charge on any atom is 0.295 e. The molecule has 5 rings (SSSR count). The van der Waals surface area contributed by atoms with Crippen molar-refractivity contribution >= 4 is 17.4 Å². The van der Waals surface area contributed by atoms with Gasteiger partial charge in [0.1, 0.15) is 23.9 Å². The Balaban J connectivity index is 1.51. The number of hydrogen-bond acceptors (Lipinski definition) is 5. The molecule has 0 aliphatic carbocycles. The number of nitrogens with zero attached hydrogens (tertiary/aromatic N) is 2. The summed E-state index contributed by atoms with van der Waals surface area (Å²) < 4.78 is 19.7. The van der Waals surface area contributed by atoms with E-state index in [1.54, 1.807) is 42.7 Å². The van der Waals surface area contributed by atoms with E-state index in [-0.39, 0.29) is 17.9 Å². The Labute approximate surface area is 219 Å². The third kappa shape index (κ3) is 5.04. The van der Waals surface area contributed by atoms with Gasteiger partial charge in [-0.15, -0.1) is 0 Å². The quantitative estimate of drug-likeness (QED) is 0.196. The van der Waals surface area contributed by atoms with Crippen LogP contribution < -0.4 is 4.74 Å². The summed E-state index contributed by atoms with van der Waals surface area (Å²) in [6.07, 6.45) is 3.23. The highest BCUT2D eigenvalue weighted by Gasteiger charge is 2.46. The van der Waals surface area contributed by atoms with Crippen LogP contribution >= 0.6 is 0 Å². The van der Waals surface area contributed by atoms with Gasteiger partial charge in [0, 0.05) is 24.5 Å². The number of carbonyl (C=O) groups excluding carboxylic acids is 2. The third-order valence-electron chi connectivity index (χ3n) is 6.49. The van der Waals surface area contributed by atoms with Gasteiger partial charge in [0.15, 0.2) is 0 Å². The average Bonchev–Trinajstić information content (AvgIpc) is 3.18. The van der Waals surface area contributed by atoms with Crippen molar-refractivity contribution in [3.05, 3.63) is 137 Å². The smallest absolute Gasteiger partial charge is 0.295 e. The van der Waals surface area contributed by atoms with Crippen LogP contribution in [-0.2, 0) is 22.7 Å². The Morgan fingerprint density at radius 3 is 2.39 bits per heavy atom. The van der Waals surface area contributed by atoms with Crippen LogP contribution in [0.1, 0.15) is 33.9 Å². The lowest BCUT2D eigenvalue weighted by Gasteiger charge is -2.25. The molecule has 1 amide bonds. The molecule has 6 nitrogen and oxygen atoms in total. The molecule has 1 saturated heterocycles. The highest BCUT2D eigenvalue weighted by atomic mass is 19.1. The van der Waals surface area contributed by atoms with Gasteiger partial charge in [0.2, 0.25) is 0 Å². The summed E-state index contributed by atoms with van der Waals surface area (Å²) in [6.45, 7) is 2.33. The first kappa shape index (κ1) is 24.9. The number of amides is 1. The number of ketones is 1. The second-order valence-electron chi connectivity index (χ2n) is 9.09. The largest absolute Gasteiger partial charge is 0.507 e. The number of aliphatic hydroxyl groups is 1. The minimum atomic E-state index is -0.898. The van der Waals surface area contributed by atoms with E-state index in [1.165, 1.54) is 29.2 Å². The third-order valence-corrected chi connectivity index (χ3v) is 6.49. The molecule has 1 atom stereocenters. The van der Waals surface area contributed by atoms with Crippen molar-refractivity contribution in [2.24, 2.45) is 0 Å². The minimum absolute atomic E-state index is 0.0529. The van der Waals surface area contributed by atoms with Crippen LogP contribution in [0.25, 0.3) is 5.76 Å². The van der Waals surface area contributed by atoms with Crippen molar-refractivity contribution < 1.29 is 23.8 Å². The van der Waals surface area contributed by atoms with Crippen molar-refractivity contribution in [3.8, 4) is 5.75 Å². The van der Waals surface area contributed by atoms with Gasteiger partial charge in [-0.05, 0) is 65.6 Å². The second kappa shape index (κ2) is 10.7. The molecule has 0 saturated carbocycles. The number of halogens is 1. The van der Waals surface area contributed by atoms with Gasteiger partial charge in [0.25, 0.3) is 11.7 Å². The normalized spacial score (nSPS) is 16.6. The molecular formula is C31H25FN2O4. The molecule has 190 valence electrons. The number of hydrogen-bond donors (Lipinski definition) is 1. The molecule has 1 N–H and O–H groups in total. The zero-order chi connectivity index (χ0) is 26.6. The van der Waals surface area contributed by atoms with Gasteiger partial charge >= 0.3 is 0 Å². The van der Waals surface area contributed by atoms with Gasteiger partial charge in [0.05, 0.1) is 11.6 Å². The molecule has 3 aromatic carbocycles. The highest BCUT2D eigenvalue weighted by molar-refractivity contribution is 6.46. The van der Waals surface area contributed by atoms with Crippen molar-refractivity contribution in [3.63, 3.8) is 0 Å². The first-order valence-corrected chi connectivity index (χ1v) is 12.1. The maximum atomic E-state index is 13.7. The fourth-order valence-corrected chi connectivity index (χ4v) is 4.57. The average molecular weight is 509 g/mol. The van der Waals surface area contributed by atoms with Crippen LogP contribution in [0.2, 0.25) is 0 Å². The Bertz CT molecular complexity index is 1500. The van der Waals surface area contributed by atoms with E-state index in [9.17, 15) is 19.1 Å². The van der Waals surface area contributed by atoms with Crippen LogP contribution in [0.3, 0.4) is 0 Å². The molecule has 38 heavy (non-hydrogen) atoms. The Morgan fingerprint density at radius 2 is 1.71 bits per heavy atom. The fraction of sp³-hybridized carbons (Fsp3) is 0.129. The van der Waals surface area contributed by atoms with E-state index in [0.717, 1.165) is 16.7 Å². The number of pyridine rings is 1. The van der Waals surface area contributed by atoms with Crippen molar-refractivity contribution in [2.75, 3.05) is 0 Å². The van der Waals surface area contributed by atoms with Gasteiger partial charge in [-0.1, -0.05) is 48.5 Å².